The van der Waals surface area contributed by atoms with Crippen molar-refractivity contribution in [3.05, 3.63) is 18.2 Å². The van der Waals surface area contributed by atoms with Crippen molar-refractivity contribution in [2.75, 3.05) is 19.1 Å². The van der Waals surface area contributed by atoms with Crippen LogP contribution in [-0.2, 0) is 0 Å². The first-order valence-corrected chi connectivity index (χ1v) is 8.51. The van der Waals surface area contributed by atoms with Crippen LogP contribution >= 0.6 is 11.6 Å². The second-order valence-corrected chi connectivity index (χ2v) is 6.10. The zero-order valence-corrected chi connectivity index (χ0v) is 12.8. The van der Waals surface area contributed by atoms with E-state index in [1.54, 1.807) is 0 Å². The van der Waals surface area contributed by atoms with Gasteiger partial charge in [0.05, 0.1) is 22.7 Å². The molecule has 1 rings (SSSR count). The fourth-order valence-electron chi connectivity index (χ4n) is 1.75. The Hall–Kier alpha value is -0.673. The van der Waals surface area contributed by atoms with E-state index in [9.17, 15) is 0 Å². The molecule has 0 heterocycles. The van der Waals surface area contributed by atoms with E-state index in [2.05, 4.69) is 12.1 Å². The minimum atomic E-state index is -0.299. The van der Waals surface area contributed by atoms with Crippen molar-refractivity contribution in [3.63, 3.8) is 0 Å². The van der Waals surface area contributed by atoms with Crippen LogP contribution in [0.4, 0.5) is 0 Å². The predicted octanol–water partition coefficient (Wildman–Crippen LogP) is 2.33. The molecule has 4 heteroatoms. The van der Waals surface area contributed by atoms with Gasteiger partial charge in [-0.25, -0.2) is 0 Å². The van der Waals surface area contributed by atoms with Gasteiger partial charge in [0.2, 0.25) is 0 Å². The molecule has 0 N–H and O–H groups in total. The lowest BCUT2D eigenvalue weighted by Crippen LogP contribution is -2.18. The number of hydrogen-bond donors (Lipinski definition) is 0. The van der Waals surface area contributed by atoms with Crippen LogP contribution in [0.5, 0.6) is 11.5 Å². The number of halogens is 1. The normalized spacial score (nSPS) is 11.0. The maximum absolute atomic E-state index is 5.73. The van der Waals surface area contributed by atoms with Crippen molar-refractivity contribution in [2.45, 2.75) is 26.3 Å². The molecular formula is C13H21ClO2Si. The highest BCUT2D eigenvalue weighted by molar-refractivity contribution is 6.54. The first-order valence-electron chi connectivity index (χ1n) is 6.26. The highest BCUT2D eigenvalue weighted by Gasteiger charge is 2.10. The summed E-state index contributed by atoms with van der Waals surface area (Å²) in [5.41, 5.74) is 0. The molecule has 2 nitrogen and oxygen atoms in total. The molecule has 0 aliphatic rings. The van der Waals surface area contributed by atoms with Gasteiger partial charge >= 0.3 is 0 Å². The van der Waals surface area contributed by atoms with E-state index >= 15 is 0 Å². The SMILES string of the molecule is CCOc1cccc([SiH2]CCCCl)c1OCC. The van der Waals surface area contributed by atoms with E-state index in [1.807, 2.05) is 19.9 Å². The number of ether oxygens (including phenoxy) is 2. The minimum absolute atomic E-state index is 0.299. The highest BCUT2D eigenvalue weighted by Crippen LogP contribution is 2.24. The summed E-state index contributed by atoms with van der Waals surface area (Å²) < 4.78 is 11.3. The lowest BCUT2D eigenvalue weighted by atomic mass is 10.3. The van der Waals surface area contributed by atoms with Crippen LogP contribution in [0.25, 0.3) is 0 Å². The van der Waals surface area contributed by atoms with Gasteiger partial charge in [-0.1, -0.05) is 18.2 Å². The lowest BCUT2D eigenvalue weighted by molar-refractivity contribution is 0.289. The molecule has 0 saturated carbocycles. The summed E-state index contributed by atoms with van der Waals surface area (Å²) >= 11 is 5.72. The fraction of sp³-hybridized carbons (Fsp3) is 0.538. The fourth-order valence-corrected chi connectivity index (χ4v) is 3.94. The van der Waals surface area contributed by atoms with Gasteiger partial charge in [0.1, 0.15) is 0 Å². The van der Waals surface area contributed by atoms with Gasteiger partial charge in [0.25, 0.3) is 0 Å². The van der Waals surface area contributed by atoms with E-state index in [0.717, 1.165) is 23.8 Å². The Bertz CT molecular complexity index is 331. The topological polar surface area (TPSA) is 18.5 Å². The molecule has 0 unspecified atom stereocenters. The molecule has 0 amide bonds. The van der Waals surface area contributed by atoms with Gasteiger partial charge in [0, 0.05) is 5.88 Å². The standard InChI is InChI=1S/C13H21ClO2Si/c1-3-15-11-7-5-8-12(13(11)16-4-2)17-10-6-9-14/h5,7-8H,3-4,6,9-10,17H2,1-2H3. The van der Waals surface area contributed by atoms with Gasteiger partial charge in [-0.05, 0) is 31.5 Å². The molecule has 0 spiro atoms. The first kappa shape index (κ1) is 14.4. The van der Waals surface area contributed by atoms with Gasteiger partial charge in [-0.3, -0.25) is 0 Å². The van der Waals surface area contributed by atoms with E-state index in [0.29, 0.717) is 13.2 Å². The largest absolute Gasteiger partial charge is 0.490 e. The van der Waals surface area contributed by atoms with Crippen LogP contribution in [0.3, 0.4) is 0 Å². The van der Waals surface area contributed by atoms with Crippen LogP contribution < -0.4 is 14.7 Å². The summed E-state index contributed by atoms with van der Waals surface area (Å²) in [6.07, 6.45) is 1.10. The Kier molecular flexibility index (Phi) is 7.13. The number of para-hydroxylation sites is 1. The molecule has 17 heavy (non-hydrogen) atoms. The average molecular weight is 273 g/mol. The zero-order chi connectivity index (χ0) is 12.5. The summed E-state index contributed by atoms with van der Waals surface area (Å²) in [5, 5.41) is 1.35. The number of rotatable bonds is 8. The Labute approximate surface area is 111 Å². The molecule has 96 valence electrons. The number of benzene rings is 1. The van der Waals surface area contributed by atoms with E-state index in [1.165, 1.54) is 11.2 Å². The van der Waals surface area contributed by atoms with Crippen LogP contribution in [-0.4, -0.2) is 28.6 Å². The molecule has 0 radical (unpaired) electrons. The lowest BCUT2D eigenvalue weighted by Gasteiger charge is -2.14. The van der Waals surface area contributed by atoms with Crippen molar-refractivity contribution >= 4 is 26.3 Å². The molecule has 0 fully saturated rings. The minimum Gasteiger partial charge on any atom is -0.490 e. The molecule has 0 aromatic heterocycles. The van der Waals surface area contributed by atoms with Crippen molar-refractivity contribution in [3.8, 4) is 11.5 Å². The van der Waals surface area contributed by atoms with E-state index < -0.39 is 0 Å². The van der Waals surface area contributed by atoms with Crippen molar-refractivity contribution in [2.24, 2.45) is 0 Å². The van der Waals surface area contributed by atoms with Crippen LogP contribution in [0.1, 0.15) is 20.3 Å². The van der Waals surface area contributed by atoms with E-state index in [-0.39, 0.29) is 9.52 Å². The van der Waals surface area contributed by atoms with Gasteiger partial charge in [-0.2, -0.15) is 0 Å². The van der Waals surface area contributed by atoms with Crippen molar-refractivity contribution in [1.82, 2.24) is 0 Å². The third-order valence-corrected chi connectivity index (χ3v) is 4.70. The number of hydrogen-bond acceptors (Lipinski definition) is 2. The van der Waals surface area contributed by atoms with E-state index in [4.69, 9.17) is 21.1 Å². The van der Waals surface area contributed by atoms with Crippen molar-refractivity contribution < 1.29 is 9.47 Å². The quantitative estimate of drug-likeness (QED) is 0.411. The third kappa shape index (κ3) is 4.60. The molecule has 0 bridgehead atoms. The predicted molar refractivity (Wildman–Crippen MR) is 77.1 cm³/mol. The Morgan fingerprint density at radius 2 is 1.94 bits per heavy atom. The highest BCUT2D eigenvalue weighted by atomic mass is 35.5. The van der Waals surface area contributed by atoms with Crippen LogP contribution in [0.15, 0.2) is 18.2 Å². The third-order valence-electron chi connectivity index (χ3n) is 2.48. The summed E-state index contributed by atoms with van der Waals surface area (Å²) in [6, 6.07) is 7.41. The average Bonchev–Trinajstić information content (AvgIpc) is 2.33. The van der Waals surface area contributed by atoms with Gasteiger partial charge in [0.15, 0.2) is 11.5 Å². The van der Waals surface area contributed by atoms with Crippen LogP contribution in [0, 0.1) is 0 Å². The second kappa shape index (κ2) is 8.42. The zero-order valence-electron chi connectivity index (χ0n) is 10.7. The molecule has 0 atom stereocenters. The van der Waals surface area contributed by atoms with Gasteiger partial charge in [-0.15, -0.1) is 11.6 Å². The molecular weight excluding hydrogens is 252 g/mol. The maximum atomic E-state index is 5.73. The second-order valence-electron chi connectivity index (χ2n) is 3.76. The summed E-state index contributed by atoms with van der Waals surface area (Å²) in [5.74, 6) is 2.59. The van der Waals surface area contributed by atoms with Crippen LogP contribution in [0.2, 0.25) is 6.04 Å². The summed E-state index contributed by atoms with van der Waals surface area (Å²) in [6.45, 7) is 5.36. The first-order chi connectivity index (χ1) is 8.33. The smallest absolute Gasteiger partial charge is 0.160 e. The number of alkyl halides is 1. The van der Waals surface area contributed by atoms with Gasteiger partial charge < -0.3 is 9.47 Å². The molecule has 0 aliphatic carbocycles. The molecule has 0 aliphatic heterocycles. The summed E-state index contributed by atoms with van der Waals surface area (Å²) in [7, 11) is -0.299. The Morgan fingerprint density at radius 3 is 2.59 bits per heavy atom. The monoisotopic (exact) mass is 272 g/mol. The maximum Gasteiger partial charge on any atom is 0.160 e. The molecule has 0 saturated heterocycles. The molecule has 1 aromatic carbocycles. The Morgan fingerprint density at radius 1 is 1.18 bits per heavy atom. The summed E-state index contributed by atoms with van der Waals surface area (Å²) in [4.78, 5) is 0. The van der Waals surface area contributed by atoms with Crippen molar-refractivity contribution in [1.29, 1.82) is 0 Å². The Balaban J connectivity index is 2.81. The molecule has 1 aromatic rings.